The van der Waals surface area contributed by atoms with Gasteiger partial charge in [-0.3, -0.25) is 9.80 Å². The number of rotatable bonds is 9. The van der Waals surface area contributed by atoms with E-state index in [9.17, 15) is 4.79 Å². The van der Waals surface area contributed by atoms with Crippen molar-refractivity contribution in [3.05, 3.63) is 60.7 Å². The van der Waals surface area contributed by atoms with E-state index in [1.807, 2.05) is 65.7 Å². The molecule has 0 radical (unpaired) electrons. The quantitative estimate of drug-likeness (QED) is 0.481. The second-order valence-electron chi connectivity index (χ2n) is 7.51. The first-order chi connectivity index (χ1) is 15.2. The van der Waals surface area contributed by atoms with Crippen molar-refractivity contribution < 1.29 is 28.5 Å². The standard InChI is InChI=1S/C23H28N2O6/c1-27-14-17(28-2)19-21(29-3)22-20(30-19)18(23(26)31-22)24-25(15-10-6-4-7-11-15)16-12-8-5-9-13-16/h4-13,17-22,24H,14H2,1-3H3/t17?,18?,19-,20-,21+,22+/m1/s1. The molecule has 2 aromatic carbocycles. The molecule has 0 spiro atoms. The number of carbonyl (C=O) groups is 1. The fraction of sp³-hybridized carbons (Fsp3) is 0.435. The summed E-state index contributed by atoms with van der Waals surface area (Å²) in [6.07, 6.45) is -2.30. The first kappa shape index (κ1) is 21.7. The number of hydrazine groups is 1. The zero-order chi connectivity index (χ0) is 21.8. The smallest absolute Gasteiger partial charge is 0.328 e. The topological polar surface area (TPSA) is 78.5 Å². The van der Waals surface area contributed by atoms with Crippen LogP contribution < -0.4 is 10.4 Å². The summed E-state index contributed by atoms with van der Waals surface area (Å²) in [6, 6.07) is 18.8. The Morgan fingerprint density at radius 3 is 2.10 bits per heavy atom. The minimum Gasteiger partial charge on any atom is -0.455 e. The fourth-order valence-electron chi connectivity index (χ4n) is 4.20. The predicted molar refractivity (Wildman–Crippen MR) is 114 cm³/mol. The molecule has 2 fully saturated rings. The van der Waals surface area contributed by atoms with Crippen LogP contribution in [0.1, 0.15) is 0 Å². The van der Waals surface area contributed by atoms with Gasteiger partial charge in [0.05, 0.1) is 18.0 Å². The molecule has 1 N–H and O–H groups in total. The van der Waals surface area contributed by atoms with Crippen LogP contribution in [0.2, 0.25) is 0 Å². The normalized spacial score (nSPS) is 28.2. The Balaban J connectivity index is 1.60. The number of hydrogen-bond donors (Lipinski definition) is 1. The van der Waals surface area contributed by atoms with E-state index >= 15 is 0 Å². The maximum Gasteiger partial charge on any atom is 0.328 e. The first-order valence-electron chi connectivity index (χ1n) is 10.2. The van der Waals surface area contributed by atoms with Gasteiger partial charge in [-0.25, -0.2) is 5.43 Å². The van der Waals surface area contributed by atoms with E-state index in [1.54, 1.807) is 21.3 Å². The molecule has 0 bridgehead atoms. The number of nitrogens with one attached hydrogen (secondary N) is 1. The van der Waals surface area contributed by atoms with Gasteiger partial charge in [0, 0.05) is 21.3 Å². The predicted octanol–water partition coefficient (Wildman–Crippen LogP) is 2.07. The zero-order valence-electron chi connectivity index (χ0n) is 17.8. The lowest BCUT2D eigenvalue weighted by atomic mass is 10.0. The molecule has 2 unspecified atom stereocenters. The van der Waals surface area contributed by atoms with Gasteiger partial charge < -0.3 is 23.7 Å². The summed E-state index contributed by atoms with van der Waals surface area (Å²) in [5, 5.41) is 1.87. The molecular weight excluding hydrogens is 400 g/mol. The van der Waals surface area contributed by atoms with Gasteiger partial charge in [0.1, 0.15) is 24.4 Å². The van der Waals surface area contributed by atoms with Crippen LogP contribution >= 0.6 is 0 Å². The number of methoxy groups -OCH3 is 3. The number of fused-ring (bicyclic) bond motifs is 1. The maximum absolute atomic E-state index is 12.8. The molecule has 0 amide bonds. The largest absolute Gasteiger partial charge is 0.455 e. The summed E-state index contributed by atoms with van der Waals surface area (Å²) < 4.78 is 28.5. The molecule has 8 nitrogen and oxygen atoms in total. The van der Waals surface area contributed by atoms with Crippen LogP contribution in [0.15, 0.2) is 60.7 Å². The van der Waals surface area contributed by atoms with Crippen molar-refractivity contribution in [3.8, 4) is 0 Å². The highest BCUT2D eigenvalue weighted by molar-refractivity contribution is 5.80. The van der Waals surface area contributed by atoms with Crippen LogP contribution in [0.3, 0.4) is 0 Å². The molecule has 2 aliphatic rings. The molecule has 8 heteroatoms. The molecular formula is C23H28N2O6. The molecule has 6 atom stereocenters. The lowest BCUT2D eigenvalue weighted by molar-refractivity contribution is -0.153. The van der Waals surface area contributed by atoms with Crippen molar-refractivity contribution in [2.75, 3.05) is 32.9 Å². The summed E-state index contributed by atoms with van der Waals surface area (Å²) in [6.45, 7) is 0.340. The summed E-state index contributed by atoms with van der Waals surface area (Å²) in [5.41, 5.74) is 5.10. The molecule has 2 aromatic rings. The Morgan fingerprint density at radius 2 is 1.58 bits per heavy atom. The number of hydrogen-bond acceptors (Lipinski definition) is 8. The van der Waals surface area contributed by atoms with E-state index in [1.165, 1.54) is 0 Å². The molecule has 31 heavy (non-hydrogen) atoms. The van der Waals surface area contributed by atoms with Crippen molar-refractivity contribution in [2.45, 2.75) is 36.6 Å². The highest BCUT2D eigenvalue weighted by Crippen LogP contribution is 2.36. The molecule has 2 saturated heterocycles. The third-order valence-electron chi connectivity index (χ3n) is 5.69. The van der Waals surface area contributed by atoms with E-state index in [4.69, 9.17) is 23.7 Å². The monoisotopic (exact) mass is 428 g/mol. The minimum atomic E-state index is -0.715. The average Bonchev–Trinajstić information content (AvgIpc) is 3.31. The molecule has 166 valence electrons. The SMILES string of the molecule is COCC(OC)[C@H]1O[C@@H]2C(NN(c3ccccc3)c3ccccc3)C(=O)O[C@@H]2[C@H]1OC. The fourth-order valence-corrected chi connectivity index (χ4v) is 4.20. The first-order valence-corrected chi connectivity index (χ1v) is 10.2. The van der Waals surface area contributed by atoms with Crippen LogP contribution in [0.5, 0.6) is 0 Å². The summed E-state index contributed by atoms with van der Waals surface area (Å²) in [5.74, 6) is -0.381. The van der Waals surface area contributed by atoms with Crippen LogP contribution in [0, 0.1) is 0 Å². The molecule has 4 rings (SSSR count). The van der Waals surface area contributed by atoms with E-state index < -0.39 is 30.5 Å². The Bertz CT molecular complexity index is 812. The molecule has 2 heterocycles. The molecule has 0 aromatic heterocycles. The number of benzene rings is 2. The Labute approximate surface area is 182 Å². The minimum absolute atomic E-state index is 0.340. The van der Waals surface area contributed by atoms with Gasteiger partial charge >= 0.3 is 5.97 Å². The van der Waals surface area contributed by atoms with Gasteiger partial charge in [0.25, 0.3) is 0 Å². The van der Waals surface area contributed by atoms with Crippen LogP contribution in [-0.2, 0) is 28.5 Å². The number of ether oxygens (including phenoxy) is 5. The zero-order valence-corrected chi connectivity index (χ0v) is 17.8. The van der Waals surface area contributed by atoms with Crippen molar-refractivity contribution >= 4 is 17.3 Å². The average molecular weight is 428 g/mol. The number of carbonyl (C=O) groups excluding carboxylic acids is 1. The van der Waals surface area contributed by atoms with E-state index in [0.717, 1.165) is 11.4 Å². The highest BCUT2D eigenvalue weighted by atomic mass is 16.7. The van der Waals surface area contributed by atoms with Gasteiger partial charge in [0.15, 0.2) is 12.1 Å². The van der Waals surface area contributed by atoms with Crippen molar-refractivity contribution in [1.82, 2.24) is 5.43 Å². The summed E-state index contributed by atoms with van der Waals surface area (Å²) >= 11 is 0. The number of nitrogens with zero attached hydrogens (tertiary/aromatic N) is 1. The number of para-hydroxylation sites is 2. The van der Waals surface area contributed by atoms with Gasteiger partial charge in [-0.05, 0) is 24.3 Å². The van der Waals surface area contributed by atoms with Crippen molar-refractivity contribution in [3.63, 3.8) is 0 Å². The van der Waals surface area contributed by atoms with Crippen molar-refractivity contribution in [2.24, 2.45) is 0 Å². The van der Waals surface area contributed by atoms with E-state index in [0.29, 0.717) is 6.61 Å². The second-order valence-corrected chi connectivity index (χ2v) is 7.51. The van der Waals surface area contributed by atoms with Crippen molar-refractivity contribution in [1.29, 1.82) is 0 Å². The van der Waals surface area contributed by atoms with Crippen LogP contribution in [-0.4, -0.2) is 70.5 Å². The van der Waals surface area contributed by atoms with E-state index in [-0.39, 0.29) is 12.1 Å². The third kappa shape index (κ3) is 4.30. The molecule has 0 saturated carbocycles. The lowest BCUT2D eigenvalue weighted by Crippen LogP contribution is -2.51. The summed E-state index contributed by atoms with van der Waals surface area (Å²) in [7, 11) is 4.78. The van der Waals surface area contributed by atoms with Crippen LogP contribution in [0.25, 0.3) is 0 Å². The third-order valence-corrected chi connectivity index (χ3v) is 5.69. The Morgan fingerprint density at radius 1 is 0.968 bits per heavy atom. The maximum atomic E-state index is 12.8. The number of esters is 1. The Hall–Kier alpha value is -2.49. The summed E-state index contributed by atoms with van der Waals surface area (Å²) in [4.78, 5) is 12.8. The molecule has 2 aliphatic heterocycles. The highest BCUT2D eigenvalue weighted by Gasteiger charge is 2.59. The molecule has 0 aliphatic carbocycles. The van der Waals surface area contributed by atoms with E-state index in [2.05, 4.69) is 5.43 Å². The van der Waals surface area contributed by atoms with Gasteiger partial charge in [0.2, 0.25) is 0 Å². The second kappa shape index (κ2) is 9.76. The van der Waals surface area contributed by atoms with Gasteiger partial charge in [-0.2, -0.15) is 0 Å². The number of anilines is 2. The lowest BCUT2D eigenvalue weighted by Gasteiger charge is -2.30. The van der Waals surface area contributed by atoms with Gasteiger partial charge in [-0.1, -0.05) is 36.4 Å². The Kier molecular flexibility index (Phi) is 6.84. The van der Waals surface area contributed by atoms with Crippen LogP contribution in [0.4, 0.5) is 11.4 Å². The van der Waals surface area contributed by atoms with Gasteiger partial charge in [-0.15, -0.1) is 0 Å².